The molecule has 1 aliphatic heterocycles. The van der Waals surface area contributed by atoms with Crippen molar-refractivity contribution in [2.24, 2.45) is 5.92 Å². The Morgan fingerprint density at radius 1 is 1.07 bits per heavy atom. The first-order valence-electron chi connectivity index (χ1n) is 9.49. The lowest BCUT2D eigenvalue weighted by Crippen LogP contribution is -2.43. The quantitative estimate of drug-likeness (QED) is 0.553. The standard InChI is InChI=1S/C21H26N2O3S2/c1-17-7-9-19(10-8-17)27-16-13-22-21(24)18-11-14-23(15-12-18)28(25,26)20-5-3-2-4-6-20/h2-10,18H,11-16H2,1H3,(H,22,24). The van der Waals surface area contributed by atoms with Crippen molar-refractivity contribution in [2.75, 3.05) is 25.4 Å². The average molecular weight is 419 g/mol. The molecule has 0 atom stereocenters. The molecule has 0 bridgehead atoms. The first-order valence-corrected chi connectivity index (χ1v) is 11.9. The molecule has 0 radical (unpaired) electrons. The van der Waals surface area contributed by atoms with Crippen LogP contribution in [0.2, 0.25) is 0 Å². The zero-order valence-corrected chi connectivity index (χ0v) is 17.6. The topological polar surface area (TPSA) is 66.5 Å². The normalized spacial score (nSPS) is 16.0. The first-order chi connectivity index (χ1) is 13.5. The monoisotopic (exact) mass is 418 g/mol. The van der Waals surface area contributed by atoms with Crippen molar-refractivity contribution in [1.82, 2.24) is 9.62 Å². The number of nitrogens with zero attached hydrogens (tertiary/aromatic N) is 1. The molecule has 1 N–H and O–H groups in total. The summed E-state index contributed by atoms with van der Waals surface area (Å²) in [4.78, 5) is 13.9. The minimum Gasteiger partial charge on any atom is -0.355 e. The van der Waals surface area contributed by atoms with Gasteiger partial charge in [0.1, 0.15) is 0 Å². The molecule has 2 aromatic carbocycles. The van der Waals surface area contributed by atoms with Crippen LogP contribution in [0.3, 0.4) is 0 Å². The van der Waals surface area contributed by atoms with Gasteiger partial charge in [0, 0.05) is 36.2 Å². The van der Waals surface area contributed by atoms with Gasteiger partial charge in [0.05, 0.1) is 4.90 Å². The van der Waals surface area contributed by atoms with Crippen LogP contribution in [0.4, 0.5) is 0 Å². The van der Waals surface area contributed by atoms with Crippen molar-refractivity contribution in [3.05, 3.63) is 60.2 Å². The number of amides is 1. The van der Waals surface area contributed by atoms with Crippen LogP contribution < -0.4 is 5.32 Å². The van der Waals surface area contributed by atoms with Gasteiger partial charge in [0.25, 0.3) is 0 Å². The minimum absolute atomic E-state index is 0.0289. The van der Waals surface area contributed by atoms with E-state index < -0.39 is 10.0 Å². The maximum atomic E-state index is 12.7. The highest BCUT2D eigenvalue weighted by molar-refractivity contribution is 7.99. The zero-order valence-electron chi connectivity index (χ0n) is 16.0. The van der Waals surface area contributed by atoms with E-state index >= 15 is 0 Å². The second-order valence-corrected chi connectivity index (χ2v) is 10.1. The fourth-order valence-corrected chi connectivity index (χ4v) is 5.48. The van der Waals surface area contributed by atoms with Crippen molar-refractivity contribution in [2.45, 2.75) is 29.6 Å². The van der Waals surface area contributed by atoms with Crippen LogP contribution in [0.5, 0.6) is 0 Å². The lowest BCUT2D eigenvalue weighted by Gasteiger charge is -2.30. The molecule has 2 aromatic rings. The summed E-state index contributed by atoms with van der Waals surface area (Å²) in [6, 6.07) is 16.8. The first kappa shape index (κ1) is 20.9. The molecule has 0 aliphatic carbocycles. The van der Waals surface area contributed by atoms with E-state index in [1.807, 2.05) is 0 Å². The summed E-state index contributed by atoms with van der Waals surface area (Å²) in [6.07, 6.45) is 1.12. The summed E-state index contributed by atoms with van der Waals surface area (Å²) in [5, 5.41) is 2.99. The molecule has 150 valence electrons. The highest BCUT2D eigenvalue weighted by Crippen LogP contribution is 2.24. The molecule has 5 nitrogen and oxygen atoms in total. The molecule has 1 aliphatic rings. The fraction of sp³-hybridized carbons (Fsp3) is 0.381. The van der Waals surface area contributed by atoms with Gasteiger partial charge < -0.3 is 5.32 Å². The van der Waals surface area contributed by atoms with E-state index in [9.17, 15) is 13.2 Å². The third-order valence-electron chi connectivity index (χ3n) is 4.90. The third-order valence-corrected chi connectivity index (χ3v) is 7.82. The molecule has 0 saturated carbocycles. The van der Waals surface area contributed by atoms with Crippen LogP contribution in [-0.4, -0.2) is 44.0 Å². The van der Waals surface area contributed by atoms with Crippen molar-refractivity contribution < 1.29 is 13.2 Å². The number of piperidine rings is 1. The van der Waals surface area contributed by atoms with Gasteiger partial charge in [-0.25, -0.2) is 8.42 Å². The predicted molar refractivity (Wildman–Crippen MR) is 113 cm³/mol. The average Bonchev–Trinajstić information content (AvgIpc) is 2.73. The van der Waals surface area contributed by atoms with E-state index in [-0.39, 0.29) is 11.8 Å². The summed E-state index contributed by atoms with van der Waals surface area (Å²) in [7, 11) is -3.47. The van der Waals surface area contributed by atoms with Crippen LogP contribution >= 0.6 is 11.8 Å². The summed E-state index contributed by atoms with van der Waals surface area (Å²) in [6.45, 7) is 3.44. The zero-order chi connectivity index (χ0) is 20.0. The lowest BCUT2D eigenvalue weighted by molar-refractivity contribution is -0.125. The number of aryl methyl sites for hydroxylation is 1. The maximum absolute atomic E-state index is 12.7. The molecule has 0 unspecified atom stereocenters. The van der Waals surface area contributed by atoms with Crippen molar-refractivity contribution in [3.8, 4) is 0 Å². The summed E-state index contributed by atoms with van der Waals surface area (Å²) >= 11 is 1.72. The highest BCUT2D eigenvalue weighted by atomic mass is 32.2. The molecule has 0 aromatic heterocycles. The highest BCUT2D eigenvalue weighted by Gasteiger charge is 2.31. The SMILES string of the molecule is Cc1ccc(SCCNC(=O)C2CCN(S(=O)(=O)c3ccccc3)CC2)cc1. The Morgan fingerprint density at radius 3 is 2.36 bits per heavy atom. The van der Waals surface area contributed by atoms with Gasteiger partial charge in [-0.05, 0) is 44.0 Å². The Kier molecular flexibility index (Phi) is 7.15. The molecule has 7 heteroatoms. The summed E-state index contributed by atoms with van der Waals surface area (Å²) in [5.74, 6) is 0.726. The number of carbonyl (C=O) groups is 1. The number of benzene rings is 2. The van der Waals surface area contributed by atoms with Crippen molar-refractivity contribution in [3.63, 3.8) is 0 Å². The van der Waals surface area contributed by atoms with Crippen LogP contribution in [0, 0.1) is 12.8 Å². The number of hydrogen-bond acceptors (Lipinski definition) is 4. The lowest BCUT2D eigenvalue weighted by atomic mass is 9.97. The smallest absolute Gasteiger partial charge is 0.243 e. The van der Waals surface area contributed by atoms with Gasteiger partial charge in [0.15, 0.2) is 0 Å². The largest absolute Gasteiger partial charge is 0.355 e. The number of carbonyl (C=O) groups excluding carboxylic acids is 1. The van der Waals surface area contributed by atoms with Gasteiger partial charge in [-0.3, -0.25) is 4.79 Å². The van der Waals surface area contributed by atoms with E-state index in [1.54, 1.807) is 42.1 Å². The van der Waals surface area contributed by atoms with E-state index in [4.69, 9.17) is 0 Å². The molecule has 1 fully saturated rings. The number of sulfonamides is 1. The maximum Gasteiger partial charge on any atom is 0.243 e. The number of nitrogens with one attached hydrogen (secondary N) is 1. The van der Waals surface area contributed by atoms with Crippen LogP contribution in [0.1, 0.15) is 18.4 Å². The Hall–Kier alpha value is -1.83. The Balaban J connectivity index is 1.42. The molecule has 1 saturated heterocycles. The molecular formula is C21H26N2O3S2. The molecular weight excluding hydrogens is 392 g/mol. The van der Waals surface area contributed by atoms with Gasteiger partial charge in [-0.15, -0.1) is 11.8 Å². The Bertz CT molecular complexity index is 876. The van der Waals surface area contributed by atoms with Crippen LogP contribution in [-0.2, 0) is 14.8 Å². The predicted octanol–water partition coefficient (Wildman–Crippen LogP) is 3.30. The van der Waals surface area contributed by atoms with Gasteiger partial charge >= 0.3 is 0 Å². The van der Waals surface area contributed by atoms with E-state index in [0.29, 0.717) is 37.4 Å². The molecule has 1 heterocycles. The van der Waals surface area contributed by atoms with Gasteiger partial charge in [-0.1, -0.05) is 35.9 Å². The van der Waals surface area contributed by atoms with Gasteiger partial charge in [-0.2, -0.15) is 4.31 Å². The third kappa shape index (κ3) is 5.37. The number of hydrogen-bond donors (Lipinski definition) is 1. The van der Waals surface area contributed by atoms with E-state index in [2.05, 4.69) is 36.5 Å². The molecule has 3 rings (SSSR count). The number of thioether (sulfide) groups is 1. The Labute approximate surface area is 171 Å². The summed E-state index contributed by atoms with van der Waals surface area (Å²) in [5.41, 5.74) is 1.23. The van der Waals surface area contributed by atoms with Crippen LogP contribution in [0.15, 0.2) is 64.4 Å². The second-order valence-electron chi connectivity index (χ2n) is 6.94. The van der Waals surface area contributed by atoms with Crippen LogP contribution in [0.25, 0.3) is 0 Å². The molecule has 1 amide bonds. The Morgan fingerprint density at radius 2 is 1.71 bits per heavy atom. The van der Waals surface area contributed by atoms with Crippen molar-refractivity contribution in [1.29, 1.82) is 0 Å². The number of rotatable bonds is 7. The summed E-state index contributed by atoms with van der Waals surface area (Å²) < 4.78 is 26.8. The van der Waals surface area contributed by atoms with Gasteiger partial charge in [0.2, 0.25) is 15.9 Å². The van der Waals surface area contributed by atoms with Crippen molar-refractivity contribution >= 4 is 27.7 Å². The molecule has 28 heavy (non-hydrogen) atoms. The minimum atomic E-state index is -3.47. The fourth-order valence-electron chi connectivity index (χ4n) is 3.22. The van der Waals surface area contributed by atoms with E-state index in [1.165, 1.54) is 14.8 Å². The molecule has 0 spiro atoms. The second kappa shape index (κ2) is 9.58. The van der Waals surface area contributed by atoms with E-state index in [0.717, 1.165) is 5.75 Å².